The molecule has 0 aliphatic rings. The van der Waals surface area contributed by atoms with Gasteiger partial charge in [-0.05, 0) is 26.7 Å². The SMILES string of the molecule is C=CN=NN(C)C(C)/C=C\C(=C/C)CCC(N)CF. The molecule has 108 valence electrons. The number of nitrogens with two attached hydrogens (primary N) is 1. The first-order valence-electron chi connectivity index (χ1n) is 6.44. The van der Waals surface area contributed by atoms with Crippen molar-refractivity contribution in [1.82, 2.24) is 5.01 Å². The monoisotopic (exact) mass is 268 g/mol. The lowest BCUT2D eigenvalue weighted by atomic mass is 10.1. The highest BCUT2D eigenvalue weighted by molar-refractivity contribution is 5.19. The van der Waals surface area contributed by atoms with Crippen molar-refractivity contribution in [2.75, 3.05) is 13.7 Å². The van der Waals surface area contributed by atoms with Gasteiger partial charge in [-0.25, -0.2) is 4.39 Å². The maximum Gasteiger partial charge on any atom is 0.104 e. The second kappa shape index (κ2) is 10.4. The highest BCUT2D eigenvalue weighted by atomic mass is 19.1. The van der Waals surface area contributed by atoms with Gasteiger partial charge >= 0.3 is 0 Å². The van der Waals surface area contributed by atoms with Gasteiger partial charge in [0, 0.05) is 19.3 Å². The van der Waals surface area contributed by atoms with E-state index in [0.717, 1.165) is 12.0 Å². The molecular formula is C14H25FN4. The summed E-state index contributed by atoms with van der Waals surface area (Å²) in [5, 5.41) is 9.39. The summed E-state index contributed by atoms with van der Waals surface area (Å²) in [6.45, 7) is 6.98. The van der Waals surface area contributed by atoms with Crippen LogP contribution < -0.4 is 5.73 Å². The van der Waals surface area contributed by atoms with E-state index >= 15 is 0 Å². The van der Waals surface area contributed by atoms with Gasteiger partial charge in [0.1, 0.15) is 6.67 Å². The zero-order valence-corrected chi connectivity index (χ0v) is 12.1. The van der Waals surface area contributed by atoms with Crippen LogP contribution in [0.5, 0.6) is 0 Å². The van der Waals surface area contributed by atoms with Crippen molar-refractivity contribution in [1.29, 1.82) is 0 Å². The number of hydrogen-bond donors (Lipinski definition) is 1. The van der Waals surface area contributed by atoms with E-state index < -0.39 is 6.67 Å². The molecule has 0 aromatic heterocycles. The van der Waals surface area contributed by atoms with Gasteiger partial charge in [0.05, 0.1) is 6.04 Å². The average molecular weight is 268 g/mol. The van der Waals surface area contributed by atoms with Gasteiger partial charge in [0.2, 0.25) is 0 Å². The van der Waals surface area contributed by atoms with E-state index in [0.29, 0.717) is 6.42 Å². The lowest BCUT2D eigenvalue weighted by Gasteiger charge is -2.16. The van der Waals surface area contributed by atoms with E-state index in [4.69, 9.17) is 5.73 Å². The van der Waals surface area contributed by atoms with Crippen molar-refractivity contribution in [3.05, 3.63) is 36.6 Å². The number of halogens is 1. The Balaban J connectivity index is 4.33. The lowest BCUT2D eigenvalue weighted by molar-refractivity contribution is 0.293. The molecule has 0 aliphatic heterocycles. The van der Waals surface area contributed by atoms with Crippen LogP contribution in [0.2, 0.25) is 0 Å². The summed E-state index contributed by atoms with van der Waals surface area (Å²) >= 11 is 0. The Morgan fingerprint density at radius 2 is 2.21 bits per heavy atom. The Morgan fingerprint density at radius 3 is 2.74 bits per heavy atom. The number of likely N-dealkylation sites (N-methyl/N-ethyl adjacent to an activating group) is 1. The molecule has 0 amide bonds. The molecule has 19 heavy (non-hydrogen) atoms. The Morgan fingerprint density at radius 1 is 1.53 bits per heavy atom. The van der Waals surface area contributed by atoms with Crippen LogP contribution in [-0.2, 0) is 0 Å². The molecule has 0 aromatic rings. The highest BCUT2D eigenvalue weighted by Gasteiger charge is 2.04. The molecule has 0 saturated carbocycles. The van der Waals surface area contributed by atoms with E-state index in [1.807, 2.05) is 39.1 Å². The van der Waals surface area contributed by atoms with Crippen LogP contribution in [0.15, 0.2) is 46.9 Å². The quantitative estimate of drug-likeness (QED) is 0.396. The second-order valence-electron chi connectivity index (χ2n) is 4.38. The van der Waals surface area contributed by atoms with Crippen LogP contribution in [0.1, 0.15) is 26.7 Å². The lowest BCUT2D eigenvalue weighted by Crippen LogP contribution is -2.22. The van der Waals surface area contributed by atoms with Crippen molar-refractivity contribution < 1.29 is 4.39 Å². The van der Waals surface area contributed by atoms with Gasteiger partial charge < -0.3 is 5.73 Å². The molecule has 2 atom stereocenters. The third-order valence-electron chi connectivity index (χ3n) is 2.83. The predicted octanol–water partition coefficient (Wildman–Crippen LogP) is 3.40. The first-order chi connectivity index (χ1) is 9.04. The van der Waals surface area contributed by atoms with E-state index in [1.54, 1.807) is 5.01 Å². The third kappa shape index (κ3) is 8.26. The smallest absolute Gasteiger partial charge is 0.104 e. The molecule has 0 bridgehead atoms. The van der Waals surface area contributed by atoms with Crippen LogP contribution in [-0.4, -0.2) is 30.8 Å². The first kappa shape index (κ1) is 17.5. The van der Waals surface area contributed by atoms with E-state index in [2.05, 4.69) is 16.9 Å². The van der Waals surface area contributed by atoms with E-state index in [-0.39, 0.29) is 12.1 Å². The van der Waals surface area contributed by atoms with Gasteiger partial charge in [0.25, 0.3) is 0 Å². The summed E-state index contributed by atoms with van der Waals surface area (Å²) in [5.74, 6) is 0. The third-order valence-corrected chi connectivity index (χ3v) is 2.83. The summed E-state index contributed by atoms with van der Waals surface area (Å²) in [7, 11) is 1.84. The summed E-state index contributed by atoms with van der Waals surface area (Å²) in [5.41, 5.74) is 6.71. The van der Waals surface area contributed by atoms with Crippen LogP contribution in [0.25, 0.3) is 0 Å². The van der Waals surface area contributed by atoms with Crippen LogP contribution in [0.3, 0.4) is 0 Å². The summed E-state index contributed by atoms with van der Waals surface area (Å²) < 4.78 is 12.3. The number of hydrogen-bond acceptors (Lipinski definition) is 3. The Hall–Kier alpha value is -1.49. The van der Waals surface area contributed by atoms with Crippen LogP contribution in [0, 0.1) is 0 Å². The summed E-state index contributed by atoms with van der Waals surface area (Å²) in [4.78, 5) is 0. The van der Waals surface area contributed by atoms with E-state index in [9.17, 15) is 4.39 Å². The molecule has 0 spiro atoms. The minimum absolute atomic E-state index is 0.119. The van der Waals surface area contributed by atoms with Crippen molar-refractivity contribution >= 4 is 0 Å². The Bertz CT molecular complexity index is 336. The molecule has 4 nitrogen and oxygen atoms in total. The fraction of sp³-hybridized carbons (Fsp3) is 0.571. The minimum Gasteiger partial charge on any atom is -0.325 e. The van der Waals surface area contributed by atoms with Crippen LogP contribution >= 0.6 is 0 Å². The zero-order chi connectivity index (χ0) is 14.7. The van der Waals surface area contributed by atoms with Gasteiger partial charge in [-0.15, -0.1) is 5.11 Å². The topological polar surface area (TPSA) is 54.0 Å². The average Bonchev–Trinajstić information content (AvgIpc) is 2.43. The van der Waals surface area contributed by atoms with E-state index in [1.165, 1.54) is 6.20 Å². The number of allylic oxidation sites excluding steroid dienone is 3. The maximum atomic E-state index is 12.3. The van der Waals surface area contributed by atoms with Crippen molar-refractivity contribution in [2.45, 2.75) is 38.8 Å². The van der Waals surface area contributed by atoms with Gasteiger partial charge in [-0.3, -0.25) is 5.01 Å². The first-order valence-corrected chi connectivity index (χ1v) is 6.44. The molecule has 0 aliphatic carbocycles. The minimum atomic E-state index is -0.470. The molecule has 0 aromatic carbocycles. The van der Waals surface area contributed by atoms with Crippen molar-refractivity contribution in [3.63, 3.8) is 0 Å². The van der Waals surface area contributed by atoms with Crippen molar-refractivity contribution in [3.8, 4) is 0 Å². The normalized spacial score (nSPS) is 15.9. The Labute approximate surface area is 115 Å². The molecule has 2 unspecified atom stereocenters. The fourth-order valence-electron chi connectivity index (χ4n) is 1.34. The fourth-order valence-corrected chi connectivity index (χ4v) is 1.34. The molecule has 0 fully saturated rings. The zero-order valence-electron chi connectivity index (χ0n) is 12.1. The molecule has 0 radical (unpaired) electrons. The molecule has 0 heterocycles. The standard InChI is InChI=1S/C14H25FN4/c1-5-13(9-10-14(16)11-15)8-7-12(3)19(4)18-17-6-2/h5-8,12,14H,2,9-11,16H2,1,3-4H3/b8-7-,13-5+,18-17?. The number of rotatable bonds is 9. The molecule has 5 heteroatoms. The van der Waals surface area contributed by atoms with Crippen LogP contribution in [0.4, 0.5) is 4.39 Å². The molecular weight excluding hydrogens is 243 g/mol. The number of alkyl halides is 1. The Kier molecular flexibility index (Phi) is 9.62. The number of nitrogens with zero attached hydrogens (tertiary/aromatic N) is 3. The largest absolute Gasteiger partial charge is 0.325 e. The molecule has 2 N–H and O–H groups in total. The second-order valence-corrected chi connectivity index (χ2v) is 4.38. The maximum absolute atomic E-state index is 12.3. The van der Waals surface area contributed by atoms with Gasteiger partial charge in [-0.1, -0.05) is 35.6 Å². The summed E-state index contributed by atoms with van der Waals surface area (Å²) in [6.07, 6.45) is 8.89. The summed E-state index contributed by atoms with van der Waals surface area (Å²) in [6, 6.07) is -0.252. The van der Waals surface area contributed by atoms with Gasteiger partial charge in [-0.2, -0.15) is 0 Å². The predicted molar refractivity (Wildman–Crippen MR) is 78.4 cm³/mol. The highest BCUT2D eigenvalue weighted by Crippen LogP contribution is 2.10. The molecule has 0 rings (SSSR count). The molecule has 0 saturated heterocycles. The van der Waals surface area contributed by atoms with Gasteiger partial charge in [0.15, 0.2) is 0 Å². The van der Waals surface area contributed by atoms with Crippen molar-refractivity contribution in [2.24, 2.45) is 16.1 Å².